The molecule has 7 heteroatoms. The lowest BCUT2D eigenvalue weighted by molar-refractivity contribution is 0.566. The van der Waals surface area contributed by atoms with E-state index in [0.29, 0.717) is 6.54 Å². The number of hydrogen-bond acceptors (Lipinski definition) is 5. The molecule has 0 saturated carbocycles. The summed E-state index contributed by atoms with van der Waals surface area (Å²) in [5, 5.41) is 2.56. The maximum atomic E-state index is 12.4. The Morgan fingerprint density at radius 2 is 2.14 bits per heavy atom. The molecule has 0 aliphatic carbocycles. The van der Waals surface area contributed by atoms with Crippen molar-refractivity contribution in [2.45, 2.75) is 37.8 Å². The van der Waals surface area contributed by atoms with Crippen LogP contribution in [0.4, 0.5) is 0 Å². The van der Waals surface area contributed by atoms with E-state index in [4.69, 9.17) is 5.73 Å². The fraction of sp³-hybridized carbons (Fsp3) is 0.357. The second kappa shape index (κ2) is 6.65. The Labute approximate surface area is 129 Å². The zero-order valence-corrected chi connectivity index (χ0v) is 13.7. The van der Waals surface area contributed by atoms with Gasteiger partial charge in [-0.1, -0.05) is 13.0 Å². The van der Waals surface area contributed by atoms with E-state index in [1.807, 2.05) is 18.4 Å². The quantitative estimate of drug-likeness (QED) is 0.852. The number of sulfonamides is 1. The van der Waals surface area contributed by atoms with Gasteiger partial charge in [0.05, 0.1) is 10.9 Å². The monoisotopic (exact) mass is 325 g/mol. The van der Waals surface area contributed by atoms with Crippen molar-refractivity contribution in [3.05, 3.63) is 45.9 Å². The van der Waals surface area contributed by atoms with Gasteiger partial charge in [-0.25, -0.2) is 18.1 Å². The molecule has 0 spiro atoms. The van der Waals surface area contributed by atoms with E-state index in [0.717, 1.165) is 22.6 Å². The van der Waals surface area contributed by atoms with Gasteiger partial charge in [0.25, 0.3) is 0 Å². The molecule has 1 unspecified atom stereocenters. The predicted molar refractivity (Wildman–Crippen MR) is 84.6 cm³/mol. The minimum atomic E-state index is -3.58. The molecule has 0 aliphatic heterocycles. The summed E-state index contributed by atoms with van der Waals surface area (Å²) in [5.41, 5.74) is 7.63. The number of nitrogens with zero attached hydrogens (tertiary/aromatic N) is 1. The van der Waals surface area contributed by atoms with Crippen molar-refractivity contribution in [3.63, 3.8) is 0 Å². The van der Waals surface area contributed by atoms with Crippen LogP contribution >= 0.6 is 11.3 Å². The lowest BCUT2D eigenvalue weighted by Crippen LogP contribution is -2.27. The van der Waals surface area contributed by atoms with Crippen molar-refractivity contribution in [2.75, 3.05) is 0 Å². The Hall–Kier alpha value is -1.28. The minimum Gasteiger partial charge on any atom is -0.326 e. The lowest BCUT2D eigenvalue weighted by Gasteiger charge is -2.14. The molecule has 0 radical (unpaired) electrons. The Morgan fingerprint density at radius 1 is 1.38 bits per heavy atom. The smallest absolute Gasteiger partial charge is 0.241 e. The van der Waals surface area contributed by atoms with Crippen molar-refractivity contribution < 1.29 is 8.42 Å². The molecule has 0 aliphatic rings. The van der Waals surface area contributed by atoms with Crippen molar-refractivity contribution in [1.82, 2.24) is 9.71 Å². The summed E-state index contributed by atoms with van der Waals surface area (Å²) in [7, 11) is -3.58. The fourth-order valence-corrected chi connectivity index (χ4v) is 4.08. The first-order chi connectivity index (χ1) is 9.97. The van der Waals surface area contributed by atoms with Crippen LogP contribution in [0.1, 0.15) is 36.0 Å². The highest BCUT2D eigenvalue weighted by Gasteiger charge is 2.20. The first-order valence-electron chi connectivity index (χ1n) is 6.71. The van der Waals surface area contributed by atoms with Gasteiger partial charge in [0, 0.05) is 18.1 Å². The van der Waals surface area contributed by atoms with Crippen LogP contribution in [0.5, 0.6) is 0 Å². The molecule has 5 nitrogen and oxygen atoms in total. The van der Waals surface area contributed by atoms with E-state index in [1.54, 1.807) is 25.3 Å². The summed E-state index contributed by atoms with van der Waals surface area (Å²) in [6.07, 6.45) is 2.49. The minimum absolute atomic E-state index is 0.239. The standard InChI is InChI=1S/C14H19N3O2S2/c1-3-11-4-5-13(8-12(11)9-15)21(18,19)17-10(2)14-16-6-7-20-14/h4-8,10,17H,3,9,15H2,1-2H3. The van der Waals surface area contributed by atoms with Crippen LogP contribution < -0.4 is 10.5 Å². The molecule has 0 saturated heterocycles. The number of rotatable bonds is 6. The van der Waals surface area contributed by atoms with E-state index in [9.17, 15) is 8.42 Å². The molecule has 3 N–H and O–H groups in total. The molecule has 1 aromatic carbocycles. The van der Waals surface area contributed by atoms with E-state index in [-0.39, 0.29) is 10.9 Å². The third-order valence-corrected chi connectivity index (χ3v) is 5.74. The predicted octanol–water partition coefficient (Wildman–Crippen LogP) is 2.20. The number of nitrogens with one attached hydrogen (secondary N) is 1. The molecule has 114 valence electrons. The Bertz CT molecular complexity index is 697. The van der Waals surface area contributed by atoms with Crippen molar-refractivity contribution >= 4 is 21.4 Å². The van der Waals surface area contributed by atoms with Crippen molar-refractivity contribution in [3.8, 4) is 0 Å². The number of aryl methyl sites for hydroxylation is 1. The highest BCUT2D eigenvalue weighted by Crippen LogP contribution is 2.21. The maximum Gasteiger partial charge on any atom is 0.241 e. The number of aromatic nitrogens is 1. The summed E-state index contributed by atoms with van der Waals surface area (Å²) < 4.78 is 27.5. The highest BCUT2D eigenvalue weighted by molar-refractivity contribution is 7.89. The molecular weight excluding hydrogens is 306 g/mol. The summed E-state index contributed by atoms with van der Waals surface area (Å²) in [5.74, 6) is 0. The van der Waals surface area contributed by atoms with Gasteiger partial charge < -0.3 is 5.73 Å². The molecule has 0 amide bonds. The van der Waals surface area contributed by atoms with Crippen LogP contribution in [0.15, 0.2) is 34.7 Å². The highest BCUT2D eigenvalue weighted by atomic mass is 32.2. The second-order valence-corrected chi connectivity index (χ2v) is 7.34. The molecule has 1 aromatic heterocycles. The zero-order chi connectivity index (χ0) is 15.5. The van der Waals surface area contributed by atoms with Gasteiger partial charge in [0.1, 0.15) is 5.01 Å². The lowest BCUT2D eigenvalue weighted by atomic mass is 10.1. The van der Waals surface area contributed by atoms with Gasteiger partial charge in [0.15, 0.2) is 0 Å². The molecule has 2 rings (SSSR count). The topological polar surface area (TPSA) is 85.1 Å². The molecule has 0 bridgehead atoms. The Kier molecular flexibility index (Phi) is 5.10. The summed E-state index contributed by atoms with van der Waals surface area (Å²) in [6.45, 7) is 4.13. The van der Waals surface area contributed by atoms with Gasteiger partial charge >= 0.3 is 0 Å². The summed E-state index contributed by atoms with van der Waals surface area (Å²) >= 11 is 1.42. The number of benzene rings is 1. The van der Waals surface area contributed by atoms with Crippen LogP contribution in [-0.2, 0) is 23.0 Å². The van der Waals surface area contributed by atoms with Gasteiger partial charge in [0.2, 0.25) is 10.0 Å². The van der Waals surface area contributed by atoms with Crippen LogP contribution in [0.3, 0.4) is 0 Å². The number of nitrogens with two attached hydrogens (primary N) is 1. The summed E-state index contributed by atoms with van der Waals surface area (Å²) in [6, 6.07) is 4.73. The van der Waals surface area contributed by atoms with Gasteiger partial charge in [-0.15, -0.1) is 11.3 Å². The van der Waals surface area contributed by atoms with Crippen molar-refractivity contribution in [2.24, 2.45) is 5.73 Å². The molecule has 2 aromatic rings. The van der Waals surface area contributed by atoms with Crippen LogP contribution in [-0.4, -0.2) is 13.4 Å². The first kappa shape index (κ1) is 16.1. The van der Waals surface area contributed by atoms with Crippen LogP contribution in [0, 0.1) is 0 Å². The SMILES string of the molecule is CCc1ccc(S(=O)(=O)NC(C)c2nccs2)cc1CN. The zero-order valence-electron chi connectivity index (χ0n) is 12.0. The van der Waals surface area contributed by atoms with Gasteiger partial charge in [-0.3, -0.25) is 0 Å². The molecule has 1 atom stereocenters. The second-order valence-electron chi connectivity index (χ2n) is 4.70. The Balaban J connectivity index is 2.27. The third-order valence-electron chi connectivity index (χ3n) is 3.24. The first-order valence-corrected chi connectivity index (χ1v) is 9.07. The Morgan fingerprint density at radius 3 is 2.71 bits per heavy atom. The average Bonchev–Trinajstić information content (AvgIpc) is 3.00. The van der Waals surface area contributed by atoms with E-state index in [2.05, 4.69) is 9.71 Å². The summed E-state index contributed by atoms with van der Waals surface area (Å²) in [4.78, 5) is 4.37. The van der Waals surface area contributed by atoms with E-state index < -0.39 is 10.0 Å². The number of thiazole rings is 1. The van der Waals surface area contributed by atoms with Gasteiger partial charge in [-0.2, -0.15) is 0 Å². The van der Waals surface area contributed by atoms with Crippen LogP contribution in [0.2, 0.25) is 0 Å². The average molecular weight is 325 g/mol. The molecule has 0 fully saturated rings. The normalized spacial score (nSPS) is 13.3. The molecule has 21 heavy (non-hydrogen) atoms. The molecule has 1 heterocycles. The van der Waals surface area contributed by atoms with Crippen LogP contribution in [0.25, 0.3) is 0 Å². The van der Waals surface area contributed by atoms with Crippen molar-refractivity contribution in [1.29, 1.82) is 0 Å². The third kappa shape index (κ3) is 3.68. The van der Waals surface area contributed by atoms with E-state index >= 15 is 0 Å². The maximum absolute atomic E-state index is 12.4. The fourth-order valence-electron chi connectivity index (χ4n) is 2.10. The largest absolute Gasteiger partial charge is 0.326 e. The van der Waals surface area contributed by atoms with Gasteiger partial charge in [-0.05, 0) is 36.6 Å². The number of hydrogen-bond donors (Lipinski definition) is 2. The molecular formula is C14H19N3O2S2. The van der Waals surface area contributed by atoms with E-state index in [1.165, 1.54) is 11.3 Å².